The van der Waals surface area contributed by atoms with Gasteiger partial charge in [-0.05, 0) is 23.3 Å². The van der Waals surface area contributed by atoms with Gasteiger partial charge in [-0.3, -0.25) is 9.59 Å². The standard InChI is InChI=1S/C22H20N2O2/c23-21(25)19-13-7-8-14-20(19)22(26)24(15-17-9-3-1-4-10-17)16-18-11-5-2-6-12-18/h1-14H,15-16H2,(H2,23,25). The Morgan fingerprint density at radius 1 is 0.654 bits per heavy atom. The van der Waals surface area contributed by atoms with Gasteiger partial charge in [0.05, 0.1) is 11.1 Å². The van der Waals surface area contributed by atoms with Crippen LogP contribution >= 0.6 is 0 Å². The van der Waals surface area contributed by atoms with E-state index in [1.807, 2.05) is 60.7 Å². The maximum absolute atomic E-state index is 13.2. The van der Waals surface area contributed by atoms with Crippen molar-refractivity contribution in [2.75, 3.05) is 0 Å². The van der Waals surface area contributed by atoms with Crippen LogP contribution in [-0.4, -0.2) is 16.7 Å². The molecular formula is C22H20N2O2. The molecule has 26 heavy (non-hydrogen) atoms. The Labute approximate surface area is 152 Å². The fraction of sp³-hybridized carbons (Fsp3) is 0.0909. The van der Waals surface area contributed by atoms with E-state index in [0.717, 1.165) is 11.1 Å². The second-order valence-corrected chi connectivity index (χ2v) is 6.04. The Balaban J connectivity index is 1.94. The zero-order valence-electron chi connectivity index (χ0n) is 14.3. The molecule has 4 nitrogen and oxygen atoms in total. The minimum absolute atomic E-state index is 0.216. The molecular weight excluding hydrogens is 324 g/mol. The lowest BCUT2D eigenvalue weighted by Gasteiger charge is -2.24. The molecule has 0 fully saturated rings. The van der Waals surface area contributed by atoms with E-state index in [-0.39, 0.29) is 11.5 Å². The SMILES string of the molecule is NC(=O)c1ccccc1C(=O)N(Cc1ccccc1)Cc1ccccc1. The van der Waals surface area contributed by atoms with Gasteiger partial charge in [0.1, 0.15) is 0 Å². The van der Waals surface area contributed by atoms with Gasteiger partial charge in [0.15, 0.2) is 0 Å². The maximum atomic E-state index is 13.2. The topological polar surface area (TPSA) is 63.4 Å². The van der Waals surface area contributed by atoms with E-state index in [0.29, 0.717) is 18.7 Å². The summed E-state index contributed by atoms with van der Waals surface area (Å²) < 4.78 is 0. The molecule has 0 aliphatic rings. The van der Waals surface area contributed by atoms with Crippen molar-refractivity contribution in [2.24, 2.45) is 5.73 Å². The second-order valence-electron chi connectivity index (χ2n) is 6.04. The van der Waals surface area contributed by atoms with Crippen molar-refractivity contribution < 1.29 is 9.59 Å². The van der Waals surface area contributed by atoms with Gasteiger partial charge in [0.25, 0.3) is 5.91 Å². The second kappa shape index (κ2) is 8.12. The number of rotatable bonds is 6. The van der Waals surface area contributed by atoms with Gasteiger partial charge in [-0.1, -0.05) is 72.8 Å². The van der Waals surface area contributed by atoms with Gasteiger partial charge >= 0.3 is 0 Å². The summed E-state index contributed by atoms with van der Waals surface area (Å²) in [6.45, 7) is 0.892. The predicted octanol–water partition coefficient (Wildman–Crippen LogP) is 3.63. The van der Waals surface area contributed by atoms with E-state index in [1.54, 1.807) is 29.2 Å². The molecule has 2 N–H and O–H groups in total. The van der Waals surface area contributed by atoms with Crippen molar-refractivity contribution in [1.29, 1.82) is 0 Å². The molecule has 3 aromatic carbocycles. The number of hydrogen-bond acceptors (Lipinski definition) is 2. The number of carbonyl (C=O) groups is 2. The zero-order valence-corrected chi connectivity index (χ0v) is 14.3. The molecule has 0 unspecified atom stereocenters. The van der Waals surface area contributed by atoms with E-state index in [1.165, 1.54) is 0 Å². The van der Waals surface area contributed by atoms with Crippen molar-refractivity contribution >= 4 is 11.8 Å². The van der Waals surface area contributed by atoms with Crippen LogP contribution in [-0.2, 0) is 13.1 Å². The first-order valence-electron chi connectivity index (χ1n) is 8.41. The Hall–Kier alpha value is -3.40. The highest BCUT2D eigenvalue weighted by molar-refractivity contribution is 6.06. The van der Waals surface area contributed by atoms with Gasteiger partial charge in [-0.2, -0.15) is 0 Å². The Kier molecular flexibility index (Phi) is 5.44. The third-order valence-electron chi connectivity index (χ3n) is 4.14. The summed E-state index contributed by atoms with van der Waals surface area (Å²) >= 11 is 0. The van der Waals surface area contributed by atoms with Gasteiger partial charge in [0, 0.05) is 13.1 Å². The molecule has 4 heteroatoms. The van der Waals surface area contributed by atoms with Crippen LogP contribution in [0.4, 0.5) is 0 Å². The molecule has 0 saturated heterocycles. The smallest absolute Gasteiger partial charge is 0.255 e. The number of primary amides is 1. The molecule has 0 aliphatic carbocycles. The molecule has 0 aromatic heterocycles. The molecule has 130 valence electrons. The average molecular weight is 344 g/mol. The number of carbonyl (C=O) groups excluding carboxylic acids is 2. The molecule has 0 radical (unpaired) electrons. The first-order chi connectivity index (χ1) is 12.6. The van der Waals surface area contributed by atoms with Crippen LogP contribution in [0.25, 0.3) is 0 Å². The number of amides is 2. The van der Waals surface area contributed by atoms with Crippen LogP contribution in [0.3, 0.4) is 0 Å². The van der Waals surface area contributed by atoms with Gasteiger partial charge in [0.2, 0.25) is 5.91 Å². The number of nitrogens with zero attached hydrogens (tertiary/aromatic N) is 1. The first-order valence-corrected chi connectivity index (χ1v) is 8.41. The summed E-state index contributed by atoms with van der Waals surface area (Å²) in [6.07, 6.45) is 0. The fourth-order valence-corrected chi connectivity index (χ4v) is 2.86. The van der Waals surface area contributed by atoms with Crippen LogP contribution in [0, 0.1) is 0 Å². The minimum Gasteiger partial charge on any atom is -0.366 e. The molecule has 0 heterocycles. The van der Waals surface area contributed by atoms with Gasteiger partial charge in [-0.25, -0.2) is 0 Å². The van der Waals surface area contributed by atoms with E-state index in [9.17, 15) is 9.59 Å². The highest BCUT2D eigenvalue weighted by atomic mass is 16.2. The lowest BCUT2D eigenvalue weighted by atomic mass is 10.0. The lowest BCUT2D eigenvalue weighted by Crippen LogP contribution is -2.32. The Morgan fingerprint density at radius 3 is 1.54 bits per heavy atom. The van der Waals surface area contributed by atoms with E-state index < -0.39 is 5.91 Å². The number of hydrogen-bond donors (Lipinski definition) is 1. The van der Waals surface area contributed by atoms with Crippen LogP contribution in [0.2, 0.25) is 0 Å². The number of benzene rings is 3. The summed E-state index contributed by atoms with van der Waals surface area (Å²) in [4.78, 5) is 26.6. The molecule has 0 saturated carbocycles. The molecule has 0 aliphatic heterocycles. The minimum atomic E-state index is -0.603. The van der Waals surface area contributed by atoms with Crippen molar-refractivity contribution in [1.82, 2.24) is 4.90 Å². The van der Waals surface area contributed by atoms with E-state index in [4.69, 9.17) is 5.73 Å². The zero-order chi connectivity index (χ0) is 18.4. The van der Waals surface area contributed by atoms with Crippen molar-refractivity contribution in [3.05, 3.63) is 107 Å². The summed E-state index contributed by atoms with van der Waals surface area (Å²) in [5.41, 5.74) is 8.06. The average Bonchev–Trinajstić information content (AvgIpc) is 2.68. The quantitative estimate of drug-likeness (QED) is 0.742. The van der Waals surface area contributed by atoms with Crippen molar-refractivity contribution in [3.63, 3.8) is 0 Å². The highest BCUT2D eigenvalue weighted by Crippen LogP contribution is 2.17. The first kappa shape index (κ1) is 17.4. The van der Waals surface area contributed by atoms with Crippen LogP contribution in [0.1, 0.15) is 31.8 Å². The van der Waals surface area contributed by atoms with Crippen LogP contribution in [0.5, 0.6) is 0 Å². The Bertz CT molecular complexity index is 851. The van der Waals surface area contributed by atoms with Gasteiger partial charge in [-0.15, -0.1) is 0 Å². The van der Waals surface area contributed by atoms with E-state index >= 15 is 0 Å². The van der Waals surface area contributed by atoms with Crippen LogP contribution in [0.15, 0.2) is 84.9 Å². The molecule has 0 bridgehead atoms. The predicted molar refractivity (Wildman–Crippen MR) is 101 cm³/mol. The van der Waals surface area contributed by atoms with Gasteiger partial charge < -0.3 is 10.6 Å². The lowest BCUT2D eigenvalue weighted by molar-refractivity contribution is 0.0725. The fourth-order valence-electron chi connectivity index (χ4n) is 2.86. The van der Waals surface area contributed by atoms with E-state index in [2.05, 4.69) is 0 Å². The summed E-state index contributed by atoms with van der Waals surface area (Å²) in [6, 6.07) is 26.2. The highest BCUT2D eigenvalue weighted by Gasteiger charge is 2.21. The molecule has 0 spiro atoms. The maximum Gasteiger partial charge on any atom is 0.255 e. The van der Waals surface area contributed by atoms with Crippen molar-refractivity contribution in [3.8, 4) is 0 Å². The number of nitrogens with two attached hydrogens (primary N) is 1. The largest absolute Gasteiger partial charge is 0.366 e. The Morgan fingerprint density at radius 2 is 1.08 bits per heavy atom. The normalized spacial score (nSPS) is 10.3. The van der Waals surface area contributed by atoms with Crippen molar-refractivity contribution in [2.45, 2.75) is 13.1 Å². The molecule has 2 amide bonds. The monoisotopic (exact) mass is 344 g/mol. The summed E-state index contributed by atoms with van der Waals surface area (Å²) in [5.74, 6) is -0.819. The summed E-state index contributed by atoms with van der Waals surface area (Å²) in [5, 5.41) is 0. The molecule has 3 aromatic rings. The molecule has 0 atom stereocenters. The third kappa shape index (κ3) is 4.16. The molecule has 3 rings (SSSR count). The third-order valence-corrected chi connectivity index (χ3v) is 4.14. The van der Waals surface area contributed by atoms with Crippen LogP contribution < -0.4 is 5.73 Å². The summed E-state index contributed by atoms with van der Waals surface area (Å²) in [7, 11) is 0.